The zero-order valence-electron chi connectivity index (χ0n) is 11.1. The number of nitrogens with two attached hydrogens (primary N) is 1. The van der Waals surface area contributed by atoms with Crippen molar-refractivity contribution in [3.63, 3.8) is 0 Å². The van der Waals surface area contributed by atoms with E-state index in [1.807, 2.05) is 18.2 Å². The Morgan fingerprint density at radius 3 is 2.58 bits per heavy atom. The molecule has 0 atom stereocenters. The predicted molar refractivity (Wildman–Crippen MR) is 72.6 cm³/mol. The standard InChI is InChI=1S/C14H15N3O2/c1-14(2,3)13-16-10-6-8(4-5-11(10)18-13)9-7-12(15)19-17-9/h4-7H,15H2,1-3H3. The number of hydrogen-bond donors (Lipinski definition) is 1. The van der Waals surface area contributed by atoms with Crippen LogP contribution in [-0.2, 0) is 5.41 Å². The number of oxazole rings is 1. The van der Waals surface area contributed by atoms with Crippen molar-refractivity contribution in [1.29, 1.82) is 0 Å². The van der Waals surface area contributed by atoms with Gasteiger partial charge in [-0.25, -0.2) is 4.98 Å². The number of hydrogen-bond acceptors (Lipinski definition) is 5. The van der Waals surface area contributed by atoms with Crippen LogP contribution in [0.5, 0.6) is 0 Å². The summed E-state index contributed by atoms with van der Waals surface area (Å²) in [5.74, 6) is 1.02. The van der Waals surface area contributed by atoms with Crippen molar-refractivity contribution in [1.82, 2.24) is 10.1 Å². The van der Waals surface area contributed by atoms with Crippen LogP contribution in [0.2, 0.25) is 0 Å². The van der Waals surface area contributed by atoms with Crippen LogP contribution >= 0.6 is 0 Å². The molecule has 0 bridgehead atoms. The first kappa shape index (κ1) is 11.8. The summed E-state index contributed by atoms with van der Waals surface area (Å²) in [7, 11) is 0. The Balaban J connectivity index is 2.11. The first-order valence-corrected chi connectivity index (χ1v) is 6.07. The second-order valence-corrected chi connectivity index (χ2v) is 5.57. The Bertz CT molecular complexity index is 735. The summed E-state index contributed by atoms with van der Waals surface area (Å²) in [4.78, 5) is 4.52. The SMILES string of the molecule is CC(C)(C)c1nc2cc(-c3cc(N)on3)ccc2o1. The lowest BCUT2D eigenvalue weighted by Gasteiger charge is -2.11. The normalized spacial score (nSPS) is 12.2. The Labute approximate surface area is 110 Å². The molecule has 3 rings (SSSR count). The zero-order chi connectivity index (χ0) is 13.6. The van der Waals surface area contributed by atoms with Gasteiger partial charge < -0.3 is 14.7 Å². The molecule has 0 radical (unpaired) electrons. The molecule has 2 heterocycles. The lowest BCUT2D eigenvalue weighted by Crippen LogP contribution is -2.10. The van der Waals surface area contributed by atoms with Crippen molar-refractivity contribution in [2.24, 2.45) is 0 Å². The van der Waals surface area contributed by atoms with Crippen LogP contribution in [0.25, 0.3) is 22.4 Å². The first-order chi connectivity index (χ1) is 8.93. The molecule has 0 saturated heterocycles. The van der Waals surface area contributed by atoms with Gasteiger partial charge in [-0.2, -0.15) is 0 Å². The van der Waals surface area contributed by atoms with Crippen molar-refractivity contribution in [3.05, 3.63) is 30.2 Å². The minimum atomic E-state index is -0.114. The van der Waals surface area contributed by atoms with Gasteiger partial charge in [0.2, 0.25) is 11.8 Å². The van der Waals surface area contributed by atoms with Crippen LogP contribution in [0.15, 0.2) is 33.2 Å². The van der Waals surface area contributed by atoms with Crippen molar-refractivity contribution >= 4 is 17.0 Å². The highest BCUT2D eigenvalue weighted by molar-refractivity contribution is 5.79. The first-order valence-electron chi connectivity index (χ1n) is 6.07. The molecule has 0 aliphatic carbocycles. The Hall–Kier alpha value is -2.30. The highest BCUT2D eigenvalue weighted by atomic mass is 16.5. The molecular formula is C14H15N3O2. The number of nitrogen functional groups attached to an aromatic ring is 1. The molecule has 5 nitrogen and oxygen atoms in total. The second-order valence-electron chi connectivity index (χ2n) is 5.57. The van der Waals surface area contributed by atoms with Gasteiger partial charge in [-0.3, -0.25) is 0 Å². The fourth-order valence-electron chi connectivity index (χ4n) is 1.83. The maximum Gasteiger partial charge on any atom is 0.222 e. The van der Waals surface area contributed by atoms with Gasteiger partial charge in [0.1, 0.15) is 11.2 Å². The third-order valence-corrected chi connectivity index (χ3v) is 2.85. The molecule has 2 N–H and O–H groups in total. The number of nitrogens with zero attached hydrogens (tertiary/aromatic N) is 2. The zero-order valence-corrected chi connectivity index (χ0v) is 11.1. The van der Waals surface area contributed by atoms with Crippen molar-refractivity contribution in [3.8, 4) is 11.3 Å². The minimum Gasteiger partial charge on any atom is -0.440 e. The molecular weight excluding hydrogens is 242 g/mol. The van der Waals surface area contributed by atoms with E-state index in [1.165, 1.54) is 0 Å². The van der Waals surface area contributed by atoms with Gasteiger partial charge in [-0.15, -0.1) is 0 Å². The molecule has 1 aromatic carbocycles. The summed E-state index contributed by atoms with van der Waals surface area (Å²) in [6, 6.07) is 7.41. The molecule has 5 heteroatoms. The summed E-state index contributed by atoms with van der Waals surface area (Å²) >= 11 is 0. The predicted octanol–water partition coefficient (Wildman–Crippen LogP) is 3.36. The molecule has 0 spiro atoms. The van der Waals surface area contributed by atoms with E-state index in [1.54, 1.807) is 6.07 Å². The van der Waals surface area contributed by atoms with E-state index in [4.69, 9.17) is 14.7 Å². The van der Waals surface area contributed by atoms with Gasteiger partial charge in [-0.1, -0.05) is 25.9 Å². The van der Waals surface area contributed by atoms with E-state index in [9.17, 15) is 0 Å². The van der Waals surface area contributed by atoms with E-state index in [2.05, 4.69) is 30.9 Å². The average Bonchev–Trinajstić information content (AvgIpc) is 2.92. The van der Waals surface area contributed by atoms with E-state index in [0.29, 0.717) is 11.6 Å². The van der Waals surface area contributed by atoms with E-state index < -0.39 is 0 Å². The summed E-state index contributed by atoms with van der Waals surface area (Å²) in [6.45, 7) is 6.20. The largest absolute Gasteiger partial charge is 0.440 e. The van der Waals surface area contributed by atoms with Gasteiger partial charge in [0.25, 0.3) is 0 Å². The summed E-state index contributed by atoms with van der Waals surface area (Å²) in [5, 5.41) is 3.89. The number of benzene rings is 1. The number of aromatic nitrogens is 2. The maximum atomic E-state index is 5.75. The summed E-state index contributed by atoms with van der Waals surface area (Å²) < 4.78 is 10.6. The Kier molecular flexibility index (Phi) is 2.38. The maximum absolute atomic E-state index is 5.75. The Morgan fingerprint density at radius 1 is 1.16 bits per heavy atom. The average molecular weight is 257 g/mol. The van der Waals surface area contributed by atoms with Gasteiger partial charge in [0.05, 0.1) is 0 Å². The lowest BCUT2D eigenvalue weighted by molar-refractivity contribution is 0.411. The van der Waals surface area contributed by atoms with E-state index in [0.717, 1.165) is 22.6 Å². The van der Waals surface area contributed by atoms with Crippen LogP contribution in [0.3, 0.4) is 0 Å². The number of anilines is 1. The topological polar surface area (TPSA) is 78.1 Å². The highest BCUT2D eigenvalue weighted by Gasteiger charge is 2.21. The summed E-state index contributed by atoms with van der Waals surface area (Å²) in [5.41, 5.74) is 8.59. The fourth-order valence-corrected chi connectivity index (χ4v) is 1.83. The molecule has 19 heavy (non-hydrogen) atoms. The quantitative estimate of drug-likeness (QED) is 0.723. The van der Waals surface area contributed by atoms with Crippen LogP contribution in [-0.4, -0.2) is 10.1 Å². The number of rotatable bonds is 1. The van der Waals surface area contributed by atoms with Gasteiger partial charge >= 0.3 is 0 Å². The van der Waals surface area contributed by atoms with Gasteiger partial charge in [0, 0.05) is 17.0 Å². The lowest BCUT2D eigenvalue weighted by atomic mass is 9.97. The molecule has 0 aliphatic heterocycles. The second kappa shape index (κ2) is 3.85. The molecule has 0 aliphatic rings. The number of fused-ring (bicyclic) bond motifs is 1. The van der Waals surface area contributed by atoms with Gasteiger partial charge in [-0.05, 0) is 18.2 Å². The van der Waals surface area contributed by atoms with Crippen LogP contribution in [0.4, 0.5) is 5.88 Å². The molecule has 2 aromatic heterocycles. The van der Waals surface area contributed by atoms with E-state index in [-0.39, 0.29) is 5.41 Å². The third-order valence-electron chi connectivity index (χ3n) is 2.85. The van der Waals surface area contributed by atoms with Crippen LogP contribution < -0.4 is 5.73 Å². The van der Waals surface area contributed by atoms with E-state index >= 15 is 0 Å². The fraction of sp³-hybridized carbons (Fsp3) is 0.286. The highest BCUT2D eigenvalue weighted by Crippen LogP contribution is 2.29. The van der Waals surface area contributed by atoms with Crippen molar-refractivity contribution < 1.29 is 8.94 Å². The smallest absolute Gasteiger partial charge is 0.222 e. The monoisotopic (exact) mass is 257 g/mol. The van der Waals surface area contributed by atoms with Crippen molar-refractivity contribution in [2.45, 2.75) is 26.2 Å². The van der Waals surface area contributed by atoms with Gasteiger partial charge in [0.15, 0.2) is 5.58 Å². The third kappa shape index (κ3) is 2.07. The minimum absolute atomic E-state index is 0.114. The summed E-state index contributed by atoms with van der Waals surface area (Å²) in [6.07, 6.45) is 0. The molecule has 98 valence electrons. The molecule has 0 fully saturated rings. The van der Waals surface area contributed by atoms with Crippen LogP contribution in [0, 0.1) is 0 Å². The van der Waals surface area contributed by atoms with Crippen molar-refractivity contribution in [2.75, 3.05) is 5.73 Å². The van der Waals surface area contributed by atoms with Crippen LogP contribution in [0.1, 0.15) is 26.7 Å². The molecule has 3 aromatic rings. The molecule has 0 saturated carbocycles. The molecule has 0 unspecified atom stereocenters. The molecule has 0 amide bonds. The Morgan fingerprint density at radius 2 is 1.95 bits per heavy atom.